The van der Waals surface area contributed by atoms with Crippen LogP contribution in [0.1, 0.15) is 38.7 Å². The lowest BCUT2D eigenvalue weighted by Gasteiger charge is -2.12. The Morgan fingerprint density at radius 3 is 2.60 bits per heavy atom. The van der Waals surface area contributed by atoms with E-state index in [1.807, 2.05) is 13.8 Å². The van der Waals surface area contributed by atoms with E-state index >= 15 is 0 Å². The summed E-state index contributed by atoms with van der Waals surface area (Å²) in [6, 6.07) is 4.55. The van der Waals surface area contributed by atoms with Crippen molar-refractivity contribution in [3.63, 3.8) is 0 Å². The van der Waals surface area contributed by atoms with Crippen LogP contribution < -0.4 is 9.46 Å². The van der Waals surface area contributed by atoms with Gasteiger partial charge in [0, 0.05) is 12.1 Å². The highest BCUT2D eigenvalue weighted by Gasteiger charge is 2.15. The van der Waals surface area contributed by atoms with Gasteiger partial charge >= 0.3 is 0 Å². The molecule has 0 aliphatic heterocycles. The fourth-order valence-electron chi connectivity index (χ4n) is 1.67. The van der Waals surface area contributed by atoms with Crippen LogP contribution >= 0.6 is 0 Å². The molecule has 0 saturated heterocycles. The molecule has 2 N–H and O–H groups in total. The van der Waals surface area contributed by atoms with Crippen LogP contribution in [0.2, 0.25) is 0 Å². The molecule has 1 aromatic rings. The number of hydrogen-bond acceptors (Lipinski definition) is 4. The number of unbranched alkanes of at least 4 members (excludes halogenated alkanes) is 1. The van der Waals surface area contributed by atoms with Crippen molar-refractivity contribution in [1.82, 2.24) is 4.72 Å². The summed E-state index contributed by atoms with van der Waals surface area (Å²) < 4.78 is 32.1. The fraction of sp³-hybridized carbons (Fsp3) is 0.571. The van der Waals surface area contributed by atoms with Crippen molar-refractivity contribution in [2.24, 2.45) is 0 Å². The summed E-state index contributed by atoms with van der Waals surface area (Å²) in [5, 5.41) is 9.33. The zero-order valence-electron chi connectivity index (χ0n) is 12.1. The first-order valence-corrected chi connectivity index (χ1v) is 8.39. The Labute approximate surface area is 121 Å². The van der Waals surface area contributed by atoms with Crippen molar-refractivity contribution >= 4 is 10.0 Å². The van der Waals surface area contributed by atoms with Crippen molar-refractivity contribution in [2.75, 3.05) is 13.2 Å². The van der Waals surface area contributed by atoms with Crippen molar-refractivity contribution in [2.45, 2.75) is 44.6 Å². The summed E-state index contributed by atoms with van der Waals surface area (Å²) in [7, 11) is -3.52. The Balaban J connectivity index is 2.91. The maximum absolute atomic E-state index is 12.1. The maximum atomic E-state index is 12.1. The lowest BCUT2D eigenvalue weighted by molar-refractivity contribution is 0.262. The van der Waals surface area contributed by atoms with Gasteiger partial charge in [0.2, 0.25) is 10.0 Å². The number of aliphatic hydroxyl groups is 1. The normalized spacial score (nSPS) is 11.6. The van der Waals surface area contributed by atoms with Gasteiger partial charge in [-0.2, -0.15) is 0 Å². The first kappa shape index (κ1) is 16.9. The molecule has 0 aliphatic rings. The number of sulfonamides is 1. The average molecular weight is 301 g/mol. The van der Waals surface area contributed by atoms with Crippen molar-refractivity contribution in [3.8, 4) is 5.75 Å². The zero-order valence-corrected chi connectivity index (χ0v) is 12.9. The van der Waals surface area contributed by atoms with Crippen molar-refractivity contribution in [3.05, 3.63) is 23.8 Å². The molecule has 0 amide bonds. The van der Waals surface area contributed by atoms with E-state index in [0.29, 0.717) is 24.5 Å². The van der Waals surface area contributed by atoms with Crippen LogP contribution in [0.5, 0.6) is 5.75 Å². The van der Waals surface area contributed by atoms with Gasteiger partial charge in [-0.1, -0.05) is 20.3 Å². The molecule has 0 bridgehead atoms. The SMILES string of the molecule is CCCCNS(=O)(=O)c1ccc(OCCC)c(CO)c1. The van der Waals surface area contributed by atoms with Crippen LogP contribution in [0.15, 0.2) is 23.1 Å². The molecule has 0 atom stereocenters. The van der Waals surface area contributed by atoms with Gasteiger partial charge in [-0.25, -0.2) is 13.1 Å². The minimum atomic E-state index is -3.52. The molecule has 0 unspecified atom stereocenters. The second-order valence-electron chi connectivity index (χ2n) is 4.53. The first-order chi connectivity index (χ1) is 9.55. The third-order valence-electron chi connectivity index (χ3n) is 2.80. The first-order valence-electron chi connectivity index (χ1n) is 6.91. The van der Waals surface area contributed by atoms with Crippen LogP contribution in [0.25, 0.3) is 0 Å². The Hall–Kier alpha value is -1.11. The molecule has 20 heavy (non-hydrogen) atoms. The molecule has 0 radical (unpaired) electrons. The van der Waals surface area contributed by atoms with Crippen LogP contribution in [0.3, 0.4) is 0 Å². The minimum Gasteiger partial charge on any atom is -0.493 e. The quantitative estimate of drug-likeness (QED) is 0.684. The average Bonchev–Trinajstić information content (AvgIpc) is 2.45. The topological polar surface area (TPSA) is 75.6 Å². The van der Waals surface area contributed by atoms with Gasteiger partial charge in [0.25, 0.3) is 0 Å². The molecule has 0 heterocycles. The van der Waals surface area contributed by atoms with E-state index in [2.05, 4.69) is 4.72 Å². The van der Waals surface area contributed by atoms with Crippen molar-refractivity contribution in [1.29, 1.82) is 0 Å². The zero-order chi connectivity index (χ0) is 15.0. The molecule has 1 rings (SSSR count). The number of nitrogens with one attached hydrogen (secondary N) is 1. The van der Waals surface area contributed by atoms with E-state index in [0.717, 1.165) is 19.3 Å². The molecule has 1 aromatic carbocycles. The standard InChI is InChI=1S/C14H23NO4S/c1-3-5-8-15-20(17,18)13-6-7-14(19-9-4-2)12(10-13)11-16/h6-7,10,15-16H,3-5,8-9,11H2,1-2H3. The Kier molecular flexibility index (Phi) is 6.98. The smallest absolute Gasteiger partial charge is 0.240 e. The van der Waals surface area contributed by atoms with Crippen LogP contribution in [-0.2, 0) is 16.6 Å². The van der Waals surface area contributed by atoms with E-state index in [4.69, 9.17) is 4.74 Å². The van der Waals surface area contributed by atoms with E-state index < -0.39 is 10.0 Å². The van der Waals surface area contributed by atoms with Gasteiger partial charge in [-0.15, -0.1) is 0 Å². The third kappa shape index (κ3) is 4.77. The summed E-state index contributed by atoms with van der Waals surface area (Å²) in [5.41, 5.74) is 0.483. The molecule has 0 aromatic heterocycles. The molecular weight excluding hydrogens is 278 g/mol. The number of rotatable bonds is 9. The number of benzene rings is 1. The molecular formula is C14H23NO4S. The van der Waals surface area contributed by atoms with Gasteiger partial charge < -0.3 is 9.84 Å². The molecule has 5 nitrogen and oxygen atoms in total. The summed E-state index contributed by atoms with van der Waals surface area (Å²) in [6.07, 6.45) is 2.57. The predicted octanol–water partition coefficient (Wildman–Crippen LogP) is 2.05. The summed E-state index contributed by atoms with van der Waals surface area (Å²) in [6.45, 7) is 4.68. The highest BCUT2D eigenvalue weighted by atomic mass is 32.2. The second-order valence-corrected chi connectivity index (χ2v) is 6.29. The Morgan fingerprint density at radius 2 is 2.00 bits per heavy atom. The molecule has 0 aliphatic carbocycles. The lowest BCUT2D eigenvalue weighted by atomic mass is 10.2. The maximum Gasteiger partial charge on any atom is 0.240 e. The third-order valence-corrected chi connectivity index (χ3v) is 4.26. The number of aliphatic hydroxyl groups excluding tert-OH is 1. The largest absolute Gasteiger partial charge is 0.493 e. The molecule has 6 heteroatoms. The Morgan fingerprint density at radius 1 is 1.25 bits per heavy atom. The predicted molar refractivity (Wildman–Crippen MR) is 78.2 cm³/mol. The van der Waals surface area contributed by atoms with E-state index in [1.165, 1.54) is 12.1 Å². The highest BCUT2D eigenvalue weighted by molar-refractivity contribution is 7.89. The summed E-state index contributed by atoms with van der Waals surface area (Å²) in [4.78, 5) is 0.154. The van der Waals surface area contributed by atoms with Crippen molar-refractivity contribution < 1.29 is 18.3 Å². The Bertz CT molecular complexity index is 514. The van der Waals surface area contributed by atoms with Gasteiger partial charge in [0.05, 0.1) is 18.1 Å². The van der Waals surface area contributed by atoms with Gasteiger partial charge in [0.15, 0.2) is 0 Å². The van der Waals surface area contributed by atoms with E-state index in [-0.39, 0.29) is 11.5 Å². The fourth-order valence-corrected chi connectivity index (χ4v) is 2.79. The molecule has 114 valence electrons. The van der Waals surface area contributed by atoms with Crippen LogP contribution in [0.4, 0.5) is 0 Å². The van der Waals surface area contributed by atoms with Gasteiger partial charge in [0.1, 0.15) is 5.75 Å². The van der Waals surface area contributed by atoms with E-state index in [1.54, 1.807) is 6.07 Å². The minimum absolute atomic E-state index is 0.154. The van der Waals surface area contributed by atoms with Crippen LogP contribution in [-0.4, -0.2) is 26.7 Å². The molecule has 0 spiro atoms. The second kappa shape index (κ2) is 8.24. The summed E-state index contributed by atoms with van der Waals surface area (Å²) in [5.74, 6) is 0.529. The monoisotopic (exact) mass is 301 g/mol. The number of hydrogen-bond donors (Lipinski definition) is 2. The van der Waals surface area contributed by atoms with Crippen LogP contribution in [0, 0.1) is 0 Å². The highest BCUT2D eigenvalue weighted by Crippen LogP contribution is 2.23. The molecule has 0 fully saturated rings. The summed E-state index contributed by atoms with van der Waals surface area (Å²) >= 11 is 0. The van der Waals surface area contributed by atoms with Gasteiger partial charge in [-0.05, 0) is 31.0 Å². The molecule has 0 saturated carbocycles. The van der Waals surface area contributed by atoms with Gasteiger partial charge in [-0.3, -0.25) is 0 Å². The van der Waals surface area contributed by atoms with E-state index in [9.17, 15) is 13.5 Å². The lowest BCUT2D eigenvalue weighted by Crippen LogP contribution is -2.24. The number of ether oxygens (including phenoxy) is 1.